The van der Waals surface area contributed by atoms with Gasteiger partial charge in [-0.05, 0) is 43.2 Å². The fourth-order valence-electron chi connectivity index (χ4n) is 4.19. The highest BCUT2D eigenvalue weighted by Gasteiger charge is 2.34. The first-order valence-corrected chi connectivity index (χ1v) is 12.8. The molecule has 1 aromatic carbocycles. The maximum atomic E-state index is 13.2. The molecule has 0 atom stereocenters. The van der Waals surface area contributed by atoms with E-state index in [0.29, 0.717) is 50.4 Å². The summed E-state index contributed by atoms with van der Waals surface area (Å²) < 4.78 is 26.5. The van der Waals surface area contributed by atoms with Crippen LogP contribution in [0, 0.1) is 11.8 Å². The molecule has 1 N–H and O–H groups in total. The Balaban J connectivity index is 1.53. The highest BCUT2D eigenvalue weighted by Crippen LogP contribution is 2.31. The average molecular weight is 472 g/mol. The summed E-state index contributed by atoms with van der Waals surface area (Å²) in [5.41, 5.74) is 1.16. The first kappa shape index (κ1) is 23.3. The minimum Gasteiger partial charge on any atom is -0.342 e. The normalized spacial score (nSPS) is 17.6. The van der Waals surface area contributed by atoms with Gasteiger partial charge in [-0.1, -0.05) is 13.8 Å². The number of likely N-dealkylation sites (tertiary alicyclic amines) is 1. The zero-order chi connectivity index (χ0) is 23.6. The van der Waals surface area contributed by atoms with Gasteiger partial charge in [-0.25, -0.2) is 8.42 Å². The van der Waals surface area contributed by atoms with Crippen molar-refractivity contribution in [2.75, 3.05) is 31.1 Å². The van der Waals surface area contributed by atoms with E-state index in [-0.39, 0.29) is 28.5 Å². The molecule has 33 heavy (non-hydrogen) atoms. The van der Waals surface area contributed by atoms with Gasteiger partial charge in [0.2, 0.25) is 11.8 Å². The Kier molecular flexibility index (Phi) is 6.76. The lowest BCUT2D eigenvalue weighted by atomic mass is 10.0. The first-order chi connectivity index (χ1) is 15.8. The second-order valence-electron chi connectivity index (χ2n) is 8.85. The number of nitrogens with one attached hydrogen (secondary N) is 1. The predicted molar refractivity (Wildman–Crippen MR) is 124 cm³/mol. The molecule has 0 bridgehead atoms. The Morgan fingerprint density at radius 2 is 1.70 bits per heavy atom. The number of rotatable bonds is 6. The van der Waals surface area contributed by atoms with E-state index in [2.05, 4.69) is 15.5 Å². The molecule has 2 amide bonds. The number of carbonyl (C=O) groups is 2. The van der Waals surface area contributed by atoms with Crippen molar-refractivity contribution in [1.29, 1.82) is 0 Å². The number of benzene rings is 1. The Bertz CT molecular complexity index is 1090. The molecule has 10 heteroatoms. The molecule has 0 saturated carbocycles. The maximum Gasteiger partial charge on any atom is 0.237 e. The molecular weight excluding hydrogens is 442 g/mol. The van der Waals surface area contributed by atoms with Crippen LogP contribution in [0.4, 0.5) is 11.4 Å². The van der Waals surface area contributed by atoms with Gasteiger partial charge >= 0.3 is 0 Å². The Labute approximate surface area is 194 Å². The largest absolute Gasteiger partial charge is 0.342 e. The fraction of sp³-hybridized carbons (Fsp3) is 0.478. The number of hydrogen-bond acceptors (Lipinski definition) is 7. The predicted octanol–water partition coefficient (Wildman–Crippen LogP) is 1.78. The summed E-state index contributed by atoms with van der Waals surface area (Å²) in [4.78, 5) is 28.8. The zero-order valence-electron chi connectivity index (χ0n) is 18.8. The van der Waals surface area contributed by atoms with Crippen LogP contribution in [0.2, 0.25) is 0 Å². The number of amides is 2. The minimum absolute atomic E-state index is 0.0622. The molecule has 0 unspecified atom stereocenters. The quantitative estimate of drug-likeness (QED) is 0.683. The number of carbonyl (C=O) groups excluding carboxylic acids is 2. The minimum atomic E-state index is -3.54. The van der Waals surface area contributed by atoms with Crippen LogP contribution in [-0.4, -0.2) is 66.8 Å². The molecule has 0 aliphatic carbocycles. The van der Waals surface area contributed by atoms with Crippen LogP contribution in [-0.2, 0) is 19.4 Å². The van der Waals surface area contributed by atoms with Gasteiger partial charge in [-0.2, -0.15) is 10.2 Å². The summed E-state index contributed by atoms with van der Waals surface area (Å²) >= 11 is 0. The second kappa shape index (κ2) is 9.56. The Morgan fingerprint density at radius 3 is 2.21 bits per heavy atom. The van der Waals surface area contributed by atoms with Crippen molar-refractivity contribution in [2.45, 2.75) is 36.8 Å². The van der Waals surface area contributed by atoms with Crippen molar-refractivity contribution in [3.05, 3.63) is 42.7 Å². The number of sulfone groups is 1. The van der Waals surface area contributed by atoms with Gasteiger partial charge < -0.3 is 10.2 Å². The van der Waals surface area contributed by atoms with Gasteiger partial charge in [0.05, 0.1) is 34.1 Å². The lowest BCUT2D eigenvalue weighted by Gasteiger charge is -2.33. The second-order valence-corrected chi connectivity index (χ2v) is 11.1. The summed E-state index contributed by atoms with van der Waals surface area (Å²) in [6.07, 6.45) is 3.87. The lowest BCUT2D eigenvalue weighted by molar-refractivity contribution is -0.135. The molecule has 2 aliphatic rings. The van der Waals surface area contributed by atoms with Crippen LogP contribution in [0.3, 0.4) is 0 Å². The highest BCUT2D eigenvalue weighted by molar-refractivity contribution is 7.92. The topological polar surface area (TPSA) is 113 Å². The van der Waals surface area contributed by atoms with Crippen LogP contribution in [0.1, 0.15) is 26.7 Å². The van der Waals surface area contributed by atoms with Gasteiger partial charge in [0.15, 0.2) is 9.84 Å². The third-order valence-electron chi connectivity index (χ3n) is 6.29. The van der Waals surface area contributed by atoms with E-state index in [0.717, 1.165) is 0 Å². The van der Waals surface area contributed by atoms with Crippen molar-refractivity contribution in [1.82, 2.24) is 20.4 Å². The summed E-state index contributed by atoms with van der Waals surface area (Å²) in [6.45, 7) is 5.82. The van der Waals surface area contributed by atoms with E-state index in [9.17, 15) is 18.0 Å². The van der Waals surface area contributed by atoms with Crippen LogP contribution in [0.15, 0.2) is 47.6 Å². The van der Waals surface area contributed by atoms with Crippen LogP contribution < -0.4 is 10.2 Å². The van der Waals surface area contributed by atoms with Crippen molar-refractivity contribution in [3.63, 3.8) is 0 Å². The van der Waals surface area contributed by atoms with Crippen molar-refractivity contribution in [3.8, 4) is 0 Å². The van der Waals surface area contributed by atoms with E-state index >= 15 is 0 Å². The van der Waals surface area contributed by atoms with Crippen molar-refractivity contribution in [2.24, 2.45) is 11.8 Å². The summed E-state index contributed by atoms with van der Waals surface area (Å²) in [5.74, 6) is -0.241. The number of nitrogens with zero attached hydrogens (tertiary/aromatic N) is 4. The van der Waals surface area contributed by atoms with E-state index in [4.69, 9.17) is 0 Å². The van der Waals surface area contributed by atoms with Crippen molar-refractivity contribution >= 4 is 33.0 Å². The highest BCUT2D eigenvalue weighted by atomic mass is 32.2. The number of aromatic nitrogens is 2. The first-order valence-electron chi connectivity index (χ1n) is 11.2. The molecule has 2 aliphatic heterocycles. The summed E-state index contributed by atoms with van der Waals surface area (Å²) in [5, 5.41) is 10.2. The molecule has 0 spiro atoms. The SMILES string of the molecule is CC(C)C(=O)N1CCC(S(=O)(=O)c2ccc(N(C(=O)C3CNC3)c3ccnnc3)cc2)CC1. The van der Waals surface area contributed by atoms with E-state index in [1.54, 1.807) is 40.1 Å². The molecule has 4 rings (SSSR count). The Hall–Kier alpha value is -2.85. The molecule has 3 heterocycles. The maximum absolute atomic E-state index is 13.2. The van der Waals surface area contributed by atoms with E-state index < -0.39 is 15.1 Å². The molecule has 2 aromatic rings. The van der Waals surface area contributed by atoms with E-state index in [1.165, 1.54) is 12.4 Å². The third-order valence-corrected chi connectivity index (χ3v) is 8.57. The van der Waals surface area contributed by atoms with Crippen LogP contribution in [0.5, 0.6) is 0 Å². The van der Waals surface area contributed by atoms with Gasteiger partial charge in [-0.15, -0.1) is 0 Å². The molecule has 9 nitrogen and oxygen atoms in total. The van der Waals surface area contributed by atoms with E-state index in [1.807, 2.05) is 13.8 Å². The number of hydrogen-bond donors (Lipinski definition) is 1. The zero-order valence-corrected chi connectivity index (χ0v) is 19.7. The number of piperidine rings is 1. The smallest absolute Gasteiger partial charge is 0.237 e. The monoisotopic (exact) mass is 471 g/mol. The average Bonchev–Trinajstić information content (AvgIpc) is 2.79. The van der Waals surface area contributed by atoms with Gasteiger partial charge in [0.1, 0.15) is 0 Å². The Morgan fingerprint density at radius 1 is 1.03 bits per heavy atom. The summed E-state index contributed by atoms with van der Waals surface area (Å²) in [6, 6.07) is 8.14. The summed E-state index contributed by atoms with van der Waals surface area (Å²) in [7, 11) is -3.54. The van der Waals surface area contributed by atoms with Crippen molar-refractivity contribution < 1.29 is 18.0 Å². The number of anilines is 2. The molecule has 0 radical (unpaired) electrons. The molecule has 176 valence electrons. The third kappa shape index (κ3) is 4.77. The molecule has 1 aromatic heterocycles. The molecular formula is C23H29N5O4S. The fourth-order valence-corrected chi connectivity index (χ4v) is 5.93. The van der Waals surface area contributed by atoms with Gasteiger partial charge in [0, 0.05) is 37.8 Å². The van der Waals surface area contributed by atoms with Crippen LogP contribution >= 0.6 is 0 Å². The lowest BCUT2D eigenvalue weighted by Crippen LogP contribution is -2.51. The van der Waals surface area contributed by atoms with Crippen LogP contribution in [0.25, 0.3) is 0 Å². The molecule has 2 fully saturated rings. The molecule has 2 saturated heterocycles. The standard InChI is InChI=1S/C23H29N5O4S/c1-16(2)22(29)27-11-8-21(9-12-27)33(31,32)20-5-3-18(4-6-20)28(19-7-10-25-26-15-19)23(30)17-13-24-14-17/h3-7,10,15-17,21,24H,8-9,11-14H2,1-2H3. The van der Waals surface area contributed by atoms with Gasteiger partial charge in [0.25, 0.3) is 0 Å². The van der Waals surface area contributed by atoms with Gasteiger partial charge in [-0.3, -0.25) is 14.5 Å².